The molecule has 0 amide bonds. The van der Waals surface area contributed by atoms with Gasteiger partial charge in [-0.1, -0.05) is 6.07 Å². The molecule has 3 atom stereocenters. The van der Waals surface area contributed by atoms with Crippen molar-refractivity contribution in [1.29, 1.82) is 0 Å². The fourth-order valence-corrected chi connectivity index (χ4v) is 4.81. The fraction of sp³-hybridized carbons (Fsp3) is 0.667. The van der Waals surface area contributed by atoms with E-state index in [0.717, 1.165) is 31.7 Å². The van der Waals surface area contributed by atoms with E-state index >= 15 is 0 Å². The topological polar surface area (TPSA) is 30.5 Å². The maximum atomic E-state index is 6.27. The molecule has 0 radical (unpaired) electrons. The van der Waals surface area contributed by atoms with Gasteiger partial charge in [0.05, 0.1) is 19.3 Å². The number of fused-ring (bicyclic) bond motifs is 1. The van der Waals surface area contributed by atoms with Crippen molar-refractivity contribution in [3.05, 3.63) is 29.3 Å². The van der Waals surface area contributed by atoms with Gasteiger partial charge in [-0.2, -0.15) is 0 Å². The van der Waals surface area contributed by atoms with E-state index in [1.807, 2.05) is 0 Å². The minimum atomic E-state index is 0. The van der Waals surface area contributed by atoms with E-state index in [4.69, 9.17) is 9.47 Å². The molecule has 2 fully saturated rings. The Bertz CT molecular complexity index is 574. The smallest absolute Gasteiger partial charge is 0.119 e. The van der Waals surface area contributed by atoms with Crippen molar-refractivity contribution < 1.29 is 9.47 Å². The first kappa shape index (κ1) is 16.1. The van der Waals surface area contributed by atoms with Crippen molar-refractivity contribution in [3.8, 4) is 5.75 Å². The predicted molar refractivity (Wildman–Crippen MR) is 90.2 cm³/mol. The van der Waals surface area contributed by atoms with Gasteiger partial charge in [-0.15, -0.1) is 12.4 Å². The van der Waals surface area contributed by atoms with Gasteiger partial charge >= 0.3 is 0 Å². The number of piperidine rings is 1. The lowest BCUT2D eigenvalue weighted by Crippen LogP contribution is -2.64. The summed E-state index contributed by atoms with van der Waals surface area (Å²) in [5.74, 6) is 1.65. The first-order valence-corrected chi connectivity index (χ1v) is 8.09. The molecule has 1 N–H and O–H groups in total. The molecule has 4 rings (SSSR count). The van der Waals surface area contributed by atoms with Crippen molar-refractivity contribution in [1.82, 2.24) is 5.32 Å². The monoisotopic (exact) mass is 323 g/mol. The number of rotatable bonds is 1. The number of hydrogen-bond donors (Lipinski definition) is 1. The van der Waals surface area contributed by atoms with Gasteiger partial charge in [-0.25, -0.2) is 0 Å². The molecule has 22 heavy (non-hydrogen) atoms. The largest absolute Gasteiger partial charge is 0.497 e. The Labute approximate surface area is 139 Å². The quantitative estimate of drug-likeness (QED) is 0.861. The molecule has 2 saturated heterocycles. The zero-order valence-electron chi connectivity index (χ0n) is 13.6. The molecule has 2 aliphatic heterocycles. The zero-order valence-corrected chi connectivity index (χ0v) is 14.5. The maximum absolute atomic E-state index is 6.27. The molecule has 3 nitrogen and oxygen atoms in total. The molecular weight excluding hydrogens is 298 g/mol. The van der Waals surface area contributed by atoms with Crippen LogP contribution in [0, 0.1) is 5.92 Å². The standard InChI is InChI=1S/C18H25NO2.ClH/c1-17(2)10-15-16-8-12-4-5-13(20-3)9-14(12)18(15,11-21-17)6-7-19-16;/h4-5,9,15-16,19H,6-8,10-11H2,1-3H3;1H/t15-,16+,18+;/m0./s1. The van der Waals surface area contributed by atoms with Crippen molar-refractivity contribution in [3.63, 3.8) is 0 Å². The van der Waals surface area contributed by atoms with Crippen LogP contribution in [0.25, 0.3) is 0 Å². The van der Waals surface area contributed by atoms with E-state index in [1.54, 1.807) is 7.11 Å². The van der Waals surface area contributed by atoms with Gasteiger partial charge in [0.25, 0.3) is 0 Å². The number of halogens is 1. The normalized spacial score (nSPS) is 34.9. The third kappa shape index (κ3) is 2.26. The highest BCUT2D eigenvalue weighted by Crippen LogP contribution is 2.53. The van der Waals surface area contributed by atoms with Crippen LogP contribution in [-0.4, -0.2) is 31.9 Å². The molecule has 4 heteroatoms. The Balaban J connectivity index is 0.00000144. The second kappa shape index (κ2) is 5.40. The summed E-state index contributed by atoms with van der Waals surface area (Å²) in [5.41, 5.74) is 3.16. The SMILES string of the molecule is COc1ccc2c(c1)[C@]13CCN[C@H](C2)[C@@H]1CC(C)(C)OC3.Cl. The summed E-state index contributed by atoms with van der Waals surface area (Å²) in [5, 5.41) is 3.76. The Morgan fingerprint density at radius 3 is 2.91 bits per heavy atom. The van der Waals surface area contributed by atoms with Crippen molar-refractivity contribution in [2.75, 3.05) is 20.3 Å². The van der Waals surface area contributed by atoms with E-state index in [9.17, 15) is 0 Å². The molecule has 2 bridgehead atoms. The highest BCUT2D eigenvalue weighted by Gasteiger charge is 2.55. The van der Waals surface area contributed by atoms with Gasteiger partial charge in [-0.3, -0.25) is 0 Å². The third-order valence-electron chi connectivity index (χ3n) is 5.90. The Kier molecular flexibility index (Phi) is 3.95. The fourth-order valence-electron chi connectivity index (χ4n) is 4.81. The van der Waals surface area contributed by atoms with Crippen molar-refractivity contribution in [2.24, 2.45) is 5.92 Å². The van der Waals surface area contributed by atoms with E-state index in [-0.39, 0.29) is 23.4 Å². The molecule has 3 aliphatic rings. The van der Waals surface area contributed by atoms with Gasteiger partial charge in [0.2, 0.25) is 0 Å². The van der Waals surface area contributed by atoms with E-state index in [2.05, 4.69) is 37.4 Å². The molecule has 0 aromatic heterocycles. The van der Waals surface area contributed by atoms with Crippen LogP contribution in [0.3, 0.4) is 0 Å². The molecule has 1 aliphatic carbocycles. The van der Waals surface area contributed by atoms with Gasteiger partial charge < -0.3 is 14.8 Å². The highest BCUT2D eigenvalue weighted by molar-refractivity contribution is 5.85. The van der Waals surface area contributed by atoms with Crippen molar-refractivity contribution >= 4 is 12.4 Å². The molecule has 0 saturated carbocycles. The summed E-state index contributed by atoms with van der Waals surface area (Å²) in [7, 11) is 1.76. The van der Waals surface area contributed by atoms with Crippen LogP contribution in [0.4, 0.5) is 0 Å². The molecule has 1 aromatic rings. The van der Waals surface area contributed by atoms with Gasteiger partial charge in [-0.05, 0) is 68.8 Å². The van der Waals surface area contributed by atoms with Gasteiger partial charge in [0.15, 0.2) is 0 Å². The molecule has 2 heterocycles. The lowest BCUT2D eigenvalue weighted by atomic mass is 9.55. The average molecular weight is 324 g/mol. The summed E-state index contributed by atoms with van der Waals surface area (Å²) in [6, 6.07) is 7.22. The predicted octanol–water partition coefficient (Wildman–Crippen LogP) is 3.09. The lowest BCUT2D eigenvalue weighted by molar-refractivity contribution is -0.136. The minimum Gasteiger partial charge on any atom is -0.497 e. The maximum Gasteiger partial charge on any atom is 0.119 e. The third-order valence-corrected chi connectivity index (χ3v) is 5.90. The number of methoxy groups -OCH3 is 1. The summed E-state index contributed by atoms with van der Waals surface area (Å²) in [6.45, 7) is 6.41. The summed E-state index contributed by atoms with van der Waals surface area (Å²) < 4.78 is 11.8. The average Bonchev–Trinajstić information content (AvgIpc) is 2.46. The summed E-state index contributed by atoms with van der Waals surface area (Å²) >= 11 is 0. The van der Waals surface area contributed by atoms with Crippen LogP contribution in [0.15, 0.2) is 18.2 Å². The number of nitrogens with one attached hydrogen (secondary N) is 1. The molecule has 1 aromatic carbocycles. The molecular formula is C18H26ClNO2. The van der Waals surface area contributed by atoms with E-state index < -0.39 is 0 Å². The molecule has 0 unspecified atom stereocenters. The van der Waals surface area contributed by atoms with Crippen LogP contribution < -0.4 is 10.1 Å². The van der Waals surface area contributed by atoms with Crippen LogP contribution in [0.1, 0.15) is 37.8 Å². The van der Waals surface area contributed by atoms with Crippen LogP contribution in [0.2, 0.25) is 0 Å². The first-order valence-electron chi connectivity index (χ1n) is 8.09. The van der Waals surface area contributed by atoms with Crippen LogP contribution >= 0.6 is 12.4 Å². The second-order valence-electron chi connectivity index (χ2n) is 7.55. The van der Waals surface area contributed by atoms with E-state index in [1.165, 1.54) is 17.5 Å². The number of ether oxygens (including phenoxy) is 2. The highest BCUT2D eigenvalue weighted by atomic mass is 35.5. The molecule has 122 valence electrons. The lowest BCUT2D eigenvalue weighted by Gasteiger charge is -2.58. The summed E-state index contributed by atoms with van der Waals surface area (Å²) in [6.07, 6.45) is 3.45. The van der Waals surface area contributed by atoms with Crippen LogP contribution in [-0.2, 0) is 16.6 Å². The first-order chi connectivity index (χ1) is 10.0. The van der Waals surface area contributed by atoms with Crippen LogP contribution in [0.5, 0.6) is 5.75 Å². The number of benzene rings is 1. The summed E-state index contributed by atoms with van der Waals surface area (Å²) in [4.78, 5) is 0. The minimum absolute atomic E-state index is 0. The zero-order chi connectivity index (χ0) is 14.7. The van der Waals surface area contributed by atoms with Crippen molar-refractivity contribution in [2.45, 2.75) is 50.2 Å². The number of hydrogen-bond acceptors (Lipinski definition) is 3. The Morgan fingerprint density at radius 2 is 2.14 bits per heavy atom. The Hall–Kier alpha value is -0.770. The second-order valence-corrected chi connectivity index (χ2v) is 7.55. The van der Waals surface area contributed by atoms with E-state index in [0.29, 0.717) is 12.0 Å². The Morgan fingerprint density at radius 1 is 1.32 bits per heavy atom. The van der Waals surface area contributed by atoms with Gasteiger partial charge in [0, 0.05) is 11.5 Å². The van der Waals surface area contributed by atoms with Gasteiger partial charge in [0.1, 0.15) is 5.75 Å². The molecule has 0 spiro atoms.